The maximum Gasteiger partial charge on any atom is 0.338 e. The van der Waals surface area contributed by atoms with Crippen molar-refractivity contribution in [3.63, 3.8) is 0 Å². The van der Waals surface area contributed by atoms with Crippen LogP contribution in [0.2, 0.25) is 0 Å². The van der Waals surface area contributed by atoms with Crippen molar-refractivity contribution in [3.05, 3.63) is 103 Å². The second-order valence-electron chi connectivity index (χ2n) is 7.47. The molecule has 3 rings (SSSR count). The lowest BCUT2D eigenvalue weighted by Gasteiger charge is -2.23. The van der Waals surface area contributed by atoms with E-state index in [1.165, 1.54) is 46.5 Å². The molecular formula is C26H26N2O5S. The van der Waals surface area contributed by atoms with Gasteiger partial charge in [0.25, 0.3) is 15.9 Å². The van der Waals surface area contributed by atoms with E-state index >= 15 is 0 Å². The van der Waals surface area contributed by atoms with Gasteiger partial charge >= 0.3 is 5.97 Å². The average molecular weight is 479 g/mol. The summed E-state index contributed by atoms with van der Waals surface area (Å²) in [6.07, 6.45) is 0.415. The Morgan fingerprint density at radius 1 is 0.941 bits per heavy atom. The molecule has 1 atom stereocenters. The Labute approximate surface area is 199 Å². The van der Waals surface area contributed by atoms with E-state index in [0.29, 0.717) is 11.4 Å². The van der Waals surface area contributed by atoms with Gasteiger partial charge in [0.15, 0.2) is 6.10 Å². The number of carbonyl (C=O) groups is 2. The highest BCUT2D eigenvalue weighted by molar-refractivity contribution is 7.92. The summed E-state index contributed by atoms with van der Waals surface area (Å²) < 4.78 is 33.2. The molecule has 0 aliphatic heterocycles. The SMILES string of the molecule is C=CCN(c1ccccc1)S(=O)(=O)c1cccc(C(=O)O[C@@H](C)C(=O)N(C)c2ccccc2)c1. The molecule has 0 N–H and O–H groups in total. The number of likely N-dealkylation sites (N-methyl/N-ethyl adjacent to an activating group) is 1. The van der Waals surface area contributed by atoms with E-state index in [0.717, 1.165) is 0 Å². The predicted molar refractivity (Wildman–Crippen MR) is 132 cm³/mol. The van der Waals surface area contributed by atoms with E-state index in [-0.39, 0.29) is 17.0 Å². The fourth-order valence-corrected chi connectivity index (χ4v) is 4.78. The molecule has 0 aliphatic carbocycles. The molecule has 176 valence electrons. The van der Waals surface area contributed by atoms with Gasteiger partial charge in [-0.25, -0.2) is 13.2 Å². The molecule has 0 spiro atoms. The van der Waals surface area contributed by atoms with Gasteiger partial charge in [-0.1, -0.05) is 48.5 Å². The Morgan fingerprint density at radius 2 is 1.53 bits per heavy atom. The highest BCUT2D eigenvalue weighted by Gasteiger charge is 2.27. The minimum absolute atomic E-state index is 0.0229. The molecule has 3 aromatic carbocycles. The van der Waals surface area contributed by atoms with Crippen LogP contribution in [0.5, 0.6) is 0 Å². The predicted octanol–water partition coefficient (Wildman–Crippen LogP) is 4.28. The molecule has 0 saturated heterocycles. The molecule has 0 radical (unpaired) electrons. The number of carbonyl (C=O) groups excluding carboxylic acids is 2. The molecule has 0 fully saturated rings. The first kappa shape index (κ1) is 24.7. The van der Waals surface area contributed by atoms with Gasteiger partial charge in [0.1, 0.15) is 0 Å². The molecule has 1 amide bonds. The Balaban J connectivity index is 1.80. The Hall–Kier alpha value is -3.91. The first-order valence-corrected chi connectivity index (χ1v) is 12.0. The normalized spacial score (nSPS) is 11.8. The average Bonchev–Trinajstić information content (AvgIpc) is 2.87. The Kier molecular flexibility index (Phi) is 7.86. The van der Waals surface area contributed by atoms with E-state index in [1.54, 1.807) is 61.6 Å². The van der Waals surface area contributed by atoms with Gasteiger partial charge in [-0.15, -0.1) is 6.58 Å². The van der Waals surface area contributed by atoms with Gasteiger partial charge in [0.2, 0.25) is 0 Å². The molecule has 0 aromatic heterocycles. The number of sulfonamides is 1. The maximum atomic E-state index is 13.3. The third-order valence-electron chi connectivity index (χ3n) is 5.10. The van der Waals surface area contributed by atoms with Gasteiger partial charge < -0.3 is 9.64 Å². The summed E-state index contributed by atoms with van der Waals surface area (Å²) in [5.41, 5.74) is 1.15. The number of esters is 1. The summed E-state index contributed by atoms with van der Waals surface area (Å²) in [7, 11) is -2.40. The molecule has 0 aliphatic rings. The molecular weight excluding hydrogens is 452 g/mol. The maximum absolute atomic E-state index is 13.3. The van der Waals surface area contributed by atoms with Crippen LogP contribution in [0.4, 0.5) is 11.4 Å². The van der Waals surface area contributed by atoms with Crippen LogP contribution in [0.25, 0.3) is 0 Å². The lowest BCUT2D eigenvalue weighted by Crippen LogP contribution is -2.37. The molecule has 3 aromatic rings. The van der Waals surface area contributed by atoms with Crippen molar-refractivity contribution in [3.8, 4) is 0 Å². The third kappa shape index (κ3) is 5.52. The van der Waals surface area contributed by atoms with E-state index in [2.05, 4.69) is 6.58 Å². The number of rotatable bonds is 9. The van der Waals surface area contributed by atoms with Crippen molar-refractivity contribution in [2.45, 2.75) is 17.9 Å². The van der Waals surface area contributed by atoms with E-state index < -0.39 is 28.0 Å². The molecule has 0 unspecified atom stereocenters. The van der Waals surface area contributed by atoms with Crippen molar-refractivity contribution in [1.29, 1.82) is 0 Å². The van der Waals surface area contributed by atoms with Crippen LogP contribution in [-0.4, -0.2) is 40.0 Å². The van der Waals surface area contributed by atoms with Crippen molar-refractivity contribution >= 4 is 33.3 Å². The van der Waals surface area contributed by atoms with Crippen LogP contribution >= 0.6 is 0 Å². The number of benzene rings is 3. The number of para-hydroxylation sites is 2. The second-order valence-corrected chi connectivity index (χ2v) is 9.33. The molecule has 34 heavy (non-hydrogen) atoms. The molecule has 0 heterocycles. The van der Waals surface area contributed by atoms with Gasteiger partial charge in [0.05, 0.1) is 22.7 Å². The highest BCUT2D eigenvalue weighted by Crippen LogP contribution is 2.24. The standard InChI is InChI=1S/C26H26N2O5S/c1-4-18-28(23-15-9-6-10-16-23)34(31,32)24-17-11-12-21(19-24)26(30)33-20(2)25(29)27(3)22-13-7-5-8-14-22/h4-17,19-20H,1,18H2,2-3H3/t20-/m0/s1. The quantitative estimate of drug-likeness (QED) is 0.339. The number of anilines is 2. The Bertz CT molecular complexity index is 1260. The van der Waals surface area contributed by atoms with E-state index in [1.807, 2.05) is 6.07 Å². The molecule has 7 nitrogen and oxygen atoms in total. The van der Waals surface area contributed by atoms with Gasteiger partial charge in [-0.05, 0) is 49.4 Å². The summed E-state index contributed by atoms with van der Waals surface area (Å²) in [5.74, 6) is -1.21. The van der Waals surface area contributed by atoms with Gasteiger partial charge in [-0.3, -0.25) is 9.10 Å². The zero-order valence-corrected chi connectivity index (χ0v) is 19.8. The molecule has 8 heteroatoms. The van der Waals surface area contributed by atoms with Crippen molar-refractivity contribution in [2.75, 3.05) is 22.8 Å². The van der Waals surface area contributed by atoms with Crippen molar-refractivity contribution in [2.24, 2.45) is 0 Å². The van der Waals surface area contributed by atoms with Crippen LogP contribution < -0.4 is 9.21 Å². The summed E-state index contributed by atoms with van der Waals surface area (Å²) in [6.45, 7) is 5.18. The number of amides is 1. The number of ether oxygens (including phenoxy) is 1. The fourth-order valence-electron chi connectivity index (χ4n) is 3.30. The van der Waals surface area contributed by atoms with Gasteiger partial charge in [-0.2, -0.15) is 0 Å². The Morgan fingerprint density at radius 3 is 2.12 bits per heavy atom. The van der Waals surface area contributed by atoms with Crippen molar-refractivity contribution in [1.82, 2.24) is 0 Å². The topological polar surface area (TPSA) is 84.0 Å². The minimum Gasteiger partial charge on any atom is -0.449 e. The van der Waals surface area contributed by atoms with E-state index in [9.17, 15) is 18.0 Å². The molecule has 0 bridgehead atoms. The number of hydrogen-bond acceptors (Lipinski definition) is 5. The summed E-state index contributed by atoms with van der Waals surface area (Å²) in [5, 5.41) is 0. The van der Waals surface area contributed by atoms with Gasteiger partial charge in [0, 0.05) is 12.7 Å². The number of nitrogens with zero attached hydrogens (tertiary/aromatic N) is 2. The zero-order chi connectivity index (χ0) is 24.7. The largest absolute Gasteiger partial charge is 0.449 e. The van der Waals surface area contributed by atoms with Crippen molar-refractivity contribution < 1.29 is 22.7 Å². The highest BCUT2D eigenvalue weighted by atomic mass is 32.2. The second kappa shape index (κ2) is 10.8. The number of hydrogen-bond donors (Lipinski definition) is 0. The molecule has 0 saturated carbocycles. The summed E-state index contributed by atoms with van der Waals surface area (Å²) in [6, 6.07) is 23.1. The van der Waals surface area contributed by atoms with E-state index in [4.69, 9.17) is 4.74 Å². The zero-order valence-electron chi connectivity index (χ0n) is 19.0. The van der Waals surface area contributed by atoms with Crippen LogP contribution in [0.3, 0.4) is 0 Å². The van der Waals surface area contributed by atoms with Crippen LogP contribution in [0.1, 0.15) is 17.3 Å². The minimum atomic E-state index is -3.99. The third-order valence-corrected chi connectivity index (χ3v) is 6.89. The lowest BCUT2D eigenvalue weighted by atomic mass is 10.2. The van der Waals surface area contributed by atoms with Crippen LogP contribution in [-0.2, 0) is 19.6 Å². The lowest BCUT2D eigenvalue weighted by molar-refractivity contribution is -0.126. The smallest absolute Gasteiger partial charge is 0.338 e. The summed E-state index contributed by atoms with van der Waals surface area (Å²) >= 11 is 0. The fraction of sp³-hybridized carbons (Fsp3) is 0.154. The summed E-state index contributed by atoms with van der Waals surface area (Å²) in [4.78, 5) is 26.8. The van der Waals surface area contributed by atoms with Crippen LogP contribution in [0.15, 0.2) is 102 Å². The first-order chi connectivity index (χ1) is 16.3. The first-order valence-electron chi connectivity index (χ1n) is 10.6. The van der Waals surface area contributed by atoms with Crippen LogP contribution in [0, 0.1) is 0 Å². The monoisotopic (exact) mass is 478 g/mol.